The Balaban J connectivity index is 0.000000924. The molecule has 2 aliphatic carbocycles. The Kier molecular flexibility index (Phi) is 5.22. The monoisotopic (exact) mass is 319 g/mol. The summed E-state index contributed by atoms with van der Waals surface area (Å²) in [5.41, 5.74) is 1.24. The van der Waals surface area contributed by atoms with Gasteiger partial charge in [-0.05, 0) is 44.1 Å². The summed E-state index contributed by atoms with van der Waals surface area (Å²) in [5.74, 6) is 3.08. The van der Waals surface area contributed by atoms with Gasteiger partial charge in [-0.15, -0.1) is 0 Å². The first-order chi connectivity index (χ1) is 11.0. The Labute approximate surface area is 136 Å². The standard InChI is InChI=1S/C18H22O3.H3NO/c1-17(8-4-9-18(11-12-18)16(20)21)10-7-13-5-2-3-6-14(13)15(17)19;1-2/h2-3,5-6H,4,7-12H2,1H3,(H,20,21);2H,1H2. The van der Waals surface area contributed by atoms with Gasteiger partial charge < -0.3 is 10.3 Å². The molecule has 126 valence electrons. The SMILES string of the molecule is CC1(CCCC2(C(=O)O)CC2)CCc2ccccc2C1=O.NO. The highest BCUT2D eigenvalue weighted by Gasteiger charge is 2.50. The molecule has 1 fully saturated rings. The number of aliphatic carboxylic acids is 1. The van der Waals surface area contributed by atoms with Crippen LogP contribution in [-0.2, 0) is 11.2 Å². The van der Waals surface area contributed by atoms with Crippen LogP contribution in [0, 0.1) is 10.8 Å². The first kappa shape index (κ1) is 17.6. The van der Waals surface area contributed by atoms with Crippen LogP contribution in [0.2, 0.25) is 0 Å². The van der Waals surface area contributed by atoms with Crippen molar-refractivity contribution < 1.29 is 19.9 Å². The van der Waals surface area contributed by atoms with E-state index >= 15 is 0 Å². The van der Waals surface area contributed by atoms with Crippen molar-refractivity contribution in [2.45, 2.75) is 51.9 Å². The minimum atomic E-state index is -0.659. The molecule has 0 heterocycles. The number of hydrogen-bond donors (Lipinski definition) is 3. The van der Waals surface area contributed by atoms with Crippen molar-refractivity contribution >= 4 is 11.8 Å². The summed E-state index contributed by atoms with van der Waals surface area (Å²) < 4.78 is 0. The number of carboxylic acid groups (broad SMARTS) is 1. The third-order valence-corrected chi connectivity index (χ3v) is 5.45. The van der Waals surface area contributed by atoms with Gasteiger partial charge in [-0.25, -0.2) is 5.90 Å². The number of rotatable bonds is 5. The molecule has 1 aromatic rings. The second-order valence-corrected chi connectivity index (χ2v) is 6.99. The fraction of sp³-hybridized carbons (Fsp3) is 0.556. The minimum absolute atomic E-state index is 0.240. The third kappa shape index (κ3) is 3.46. The number of fused-ring (bicyclic) bond motifs is 1. The van der Waals surface area contributed by atoms with E-state index in [1.807, 2.05) is 31.2 Å². The molecule has 0 bridgehead atoms. The smallest absolute Gasteiger partial charge is 0.309 e. The molecule has 1 saturated carbocycles. The van der Waals surface area contributed by atoms with E-state index in [1.165, 1.54) is 0 Å². The first-order valence-corrected chi connectivity index (χ1v) is 8.09. The molecule has 4 N–H and O–H groups in total. The lowest BCUT2D eigenvalue weighted by Gasteiger charge is -2.33. The van der Waals surface area contributed by atoms with Gasteiger partial charge in [0.2, 0.25) is 0 Å². The van der Waals surface area contributed by atoms with Crippen molar-refractivity contribution in [3.63, 3.8) is 0 Å². The molecule has 0 saturated heterocycles. The normalized spacial score (nSPS) is 24.2. The maximum absolute atomic E-state index is 12.7. The molecule has 23 heavy (non-hydrogen) atoms. The molecule has 0 aromatic heterocycles. The van der Waals surface area contributed by atoms with Crippen LogP contribution in [0.15, 0.2) is 24.3 Å². The topological polar surface area (TPSA) is 101 Å². The maximum Gasteiger partial charge on any atom is 0.309 e. The Hall–Kier alpha value is -1.72. The summed E-state index contributed by atoms with van der Waals surface area (Å²) in [5, 5.41) is 15.7. The highest BCUT2D eigenvalue weighted by Crippen LogP contribution is 2.51. The zero-order valence-electron chi connectivity index (χ0n) is 13.5. The quantitative estimate of drug-likeness (QED) is 0.724. The lowest BCUT2D eigenvalue weighted by molar-refractivity contribution is -0.143. The predicted octanol–water partition coefficient (Wildman–Crippen LogP) is 3.19. The second-order valence-electron chi connectivity index (χ2n) is 6.99. The van der Waals surface area contributed by atoms with Crippen LogP contribution in [-0.4, -0.2) is 22.1 Å². The van der Waals surface area contributed by atoms with Gasteiger partial charge in [0.15, 0.2) is 5.78 Å². The second kappa shape index (κ2) is 6.81. The molecule has 1 unspecified atom stereocenters. The molecule has 1 aromatic carbocycles. The van der Waals surface area contributed by atoms with E-state index in [1.54, 1.807) is 0 Å². The van der Waals surface area contributed by atoms with E-state index < -0.39 is 11.4 Å². The number of Topliss-reactive ketones (excluding diaryl/α,β-unsaturated/α-hetero) is 1. The highest BCUT2D eigenvalue weighted by molar-refractivity contribution is 6.02. The van der Waals surface area contributed by atoms with Gasteiger partial charge in [0.25, 0.3) is 0 Å². The van der Waals surface area contributed by atoms with E-state index in [0.29, 0.717) is 6.42 Å². The summed E-state index contributed by atoms with van der Waals surface area (Å²) in [4.78, 5) is 23.9. The number of carboxylic acids is 1. The summed E-state index contributed by atoms with van der Waals surface area (Å²) in [6.45, 7) is 2.05. The molecule has 0 amide bonds. The molecule has 5 heteroatoms. The van der Waals surface area contributed by atoms with Crippen molar-refractivity contribution in [3.05, 3.63) is 35.4 Å². The Morgan fingerprint density at radius 3 is 2.43 bits per heavy atom. The molecule has 1 atom stereocenters. The number of hydrogen-bond acceptors (Lipinski definition) is 4. The number of carbonyl (C=O) groups is 2. The molecule has 5 nitrogen and oxygen atoms in total. The van der Waals surface area contributed by atoms with Crippen LogP contribution in [0.5, 0.6) is 0 Å². The highest BCUT2D eigenvalue weighted by atomic mass is 16.4. The van der Waals surface area contributed by atoms with E-state index in [2.05, 4.69) is 5.90 Å². The van der Waals surface area contributed by atoms with Crippen molar-refractivity contribution in [1.82, 2.24) is 0 Å². The van der Waals surface area contributed by atoms with Crippen molar-refractivity contribution in [2.75, 3.05) is 0 Å². The molecule has 3 rings (SSSR count). The van der Waals surface area contributed by atoms with Crippen molar-refractivity contribution in [2.24, 2.45) is 16.7 Å². The summed E-state index contributed by atoms with van der Waals surface area (Å²) in [7, 11) is 0. The number of nitrogens with two attached hydrogens (primary N) is 1. The molecule has 0 radical (unpaired) electrons. The van der Waals surface area contributed by atoms with Gasteiger partial charge in [0.1, 0.15) is 0 Å². The lowest BCUT2D eigenvalue weighted by atomic mass is 9.69. The first-order valence-electron chi connectivity index (χ1n) is 8.09. The maximum atomic E-state index is 12.7. The van der Waals surface area contributed by atoms with Crippen LogP contribution in [0.25, 0.3) is 0 Å². The van der Waals surface area contributed by atoms with Gasteiger partial charge >= 0.3 is 5.97 Å². The van der Waals surface area contributed by atoms with E-state index in [4.69, 9.17) is 5.21 Å². The van der Waals surface area contributed by atoms with Gasteiger partial charge in [-0.1, -0.05) is 37.6 Å². The van der Waals surface area contributed by atoms with Gasteiger partial charge in [-0.2, -0.15) is 0 Å². The average molecular weight is 319 g/mol. The fourth-order valence-corrected chi connectivity index (χ4v) is 3.59. The number of aryl methyl sites for hydroxylation is 1. The van der Waals surface area contributed by atoms with Crippen LogP contribution in [0.3, 0.4) is 0 Å². The van der Waals surface area contributed by atoms with Gasteiger partial charge in [-0.3, -0.25) is 9.59 Å². The Bertz CT molecular complexity index is 594. The Morgan fingerprint density at radius 2 is 1.83 bits per heavy atom. The number of carbonyl (C=O) groups excluding carboxylic acids is 1. The Morgan fingerprint density at radius 1 is 1.17 bits per heavy atom. The average Bonchev–Trinajstić information content (AvgIpc) is 3.35. The predicted molar refractivity (Wildman–Crippen MR) is 86.3 cm³/mol. The fourth-order valence-electron chi connectivity index (χ4n) is 3.59. The van der Waals surface area contributed by atoms with Crippen LogP contribution >= 0.6 is 0 Å². The summed E-state index contributed by atoms with van der Waals surface area (Å²) >= 11 is 0. The number of benzene rings is 1. The zero-order valence-corrected chi connectivity index (χ0v) is 13.5. The summed E-state index contributed by atoms with van der Waals surface area (Å²) in [6.07, 6.45) is 5.77. The minimum Gasteiger partial charge on any atom is -0.481 e. The van der Waals surface area contributed by atoms with Crippen molar-refractivity contribution in [1.29, 1.82) is 0 Å². The van der Waals surface area contributed by atoms with Gasteiger partial charge in [0.05, 0.1) is 5.41 Å². The van der Waals surface area contributed by atoms with Crippen LogP contribution in [0.1, 0.15) is 61.4 Å². The van der Waals surface area contributed by atoms with E-state index in [9.17, 15) is 14.7 Å². The molecular weight excluding hydrogens is 294 g/mol. The van der Waals surface area contributed by atoms with Crippen LogP contribution in [0.4, 0.5) is 0 Å². The third-order valence-electron chi connectivity index (χ3n) is 5.45. The largest absolute Gasteiger partial charge is 0.481 e. The van der Waals surface area contributed by atoms with E-state index in [0.717, 1.165) is 49.7 Å². The zero-order chi connectivity index (χ0) is 17.1. The van der Waals surface area contributed by atoms with Crippen molar-refractivity contribution in [3.8, 4) is 0 Å². The molecule has 0 aliphatic heterocycles. The van der Waals surface area contributed by atoms with Gasteiger partial charge in [0, 0.05) is 11.0 Å². The molecular formula is C18H25NO4. The van der Waals surface area contributed by atoms with Crippen LogP contribution < -0.4 is 5.90 Å². The lowest BCUT2D eigenvalue weighted by Crippen LogP contribution is -2.33. The molecule has 2 aliphatic rings. The summed E-state index contributed by atoms with van der Waals surface area (Å²) in [6, 6.07) is 7.87. The number of ketones is 1. The van der Waals surface area contributed by atoms with E-state index in [-0.39, 0.29) is 11.2 Å². The molecule has 0 spiro atoms.